The standard InChI is InChI=1S/C16H15F6N5O4S/c17-10-6-12(19)11(18)4-8(10)3-9(25-32(29,30)31)5-14(28)26-1-2-27-13(7-26)23-24-15(27)16(20,21)22/h4,6,9,25H,1-3,5,7H2,(H,29,30,31). The second-order valence-electron chi connectivity index (χ2n) is 6.96. The Morgan fingerprint density at radius 1 is 1.12 bits per heavy atom. The summed E-state index contributed by atoms with van der Waals surface area (Å²) in [5.41, 5.74) is -0.467. The molecule has 0 bridgehead atoms. The summed E-state index contributed by atoms with van der Waals surface area (Å²) >= 11 is 0. The zero-order chi connectivity index (χ0) is 23.8. The summed E-state index contributed by atoms with van der Waals surface area (Å²) in [5, 5.41) is 6.48. The summed E-state index contributed by atoms with van der Waals surface area (Å²) in [7, 11) is -4.88. The lowest BCUT2D eigenvalue weighted by atomic mass is 10.0. The van der Waals surface area contributed by atoms with Crippen molar-refractivity contribution in [2.24, 2.45) is 0 Å². The Bertz CT molecular complexity index is 1140. The van der Waals surface area contributed by atoms with Crippen LogP contribution in [-0.2, 0) is 40.8 Å². The Kier molecular flexibility index (Phi) is 6.48. The number of alkyl halides is 3. The van der Waals surface area contributed by atoms with Crippen molar-refractivity contribution in [2.75, 3.05) is 6.54 Å². The van der Waals surface area contributed by atoms with E-state index in [1.807, 2.05) is 0 Å². The van der Waals surface area contributed by atoms with Crippen LogP contribution in [0.25, 0.3) is 0 Å². The molecule has 0 saturated carbocycles. The molecule has 176 valence electrons. The molecule has 0 radical (unpaired) electrons. The fourth-order valence-electron chi connectivity index (χ4n) is 3.27. The summed E-state index contributed by atoms with van der Waals surface area (Å²) in [6, 6.07) is -0.745. The van der Waals surface area contributed by atoms with E-state index in [0.29, 0.717) is 6.07 Å². The maximum Gasteiger partial charge on any atom is 0.451 e. The van der Waals surface area contributed by atoms with Gasteiger partial charge in [0.05, 0.1) is 6.54 Å². The Balaban J connectivity index is 1.76. The van der Waals surface area contributed by atoms with Gasteiger partial charge in [-0.2, -0.15) is 26.3 Å². The van der Waals surface area contributed by atoms with Gasteiger partial charge in [-0.3, -0.25) is 9.35 Å². The van der Waals surface area contributed by atoms with Gasteiger partial charge in [0, 0.05) is 31.6 Å². The van der Waals surface area contributed by atoms with Crippen LogP contribution in [0.15, 0.2) is 12.1 Å². The lowest BCUT2D eigenvalue weighted by molar-refractivity contribution is -0.148. The highest BCUT2D eigenvalue weighted by molar-refractivity contribution is 7.83. The zero-order valence-corrected chi connectivity index (χ0v) is 16.7. The summed E-state index contributed by atoms with van der Waals surface area (Å²) in [5.74, 6) is -6.23. The van der Waals surface area contributed by atoms with Crippen molar-refractivity contribution in [2.45, 2.75) is 38.1 Å². The highest BCUT2D eigenvalue weighted by Gasteiger charge is 2.40. The van der Waals surface area contributed by atoms with E-state index in [1.54, 1.807) is 4.72 Å². The van der Waals surface area contributed by atoms with Crippen LogP contribution in [0.4, 0.5) is 26.3 Å². The quantitative estimate of drug-likeness (QED) is 0.362. The topological polar surface area (TPSA) is 117 Å². The predicted molar refractivity (Wildman–Crippen MR) is 93.6 cm³/mol. The van der Waals surface area contributed by atoms with E-state index in [4.69, 9.17) is 4.55 Å². The monoisotopic (exact) mass is 487 g/mol. The van der Waals surface area contributed by atoms with Gasteiger partial charge in [-0.05, 0) is 18.1 Å². The predicted octanol–water partition coefficient (Wildman–Crippen LogP) is 1.45. The average molecular weight is 487 g/mol. The van der Waals surface area contributed by atoms with E-state index in [0.717, 1.165) is 9.47 Å². The van der Waals surface area contributed by atoms with Crippen molar-refractivity contribution in [1.82, 2.24) is 24.4 Å². The van der Waals surface area contributed by atoms with Gasteiger partial charge in [-0.1, -0.05) is 0 Å². The summed E-state index contributed by atoms with van der Waals surface area (Å²) < 4.78 is 113. The molecule has 32 heavy (non-hydrogen) atoms. The molecule has 0 aliphatic carbocycles. The molecule has 3 rings (SSSR count). The van der Waals surface area contributed by atoms with Crippen molar-refractivity contribution >= 4 is 16.2 Å². The minimum Gasteiger partial charge on any atom is -0.333 e. The van der Waals surface area contributed by atoms with Crippen molar-refractivity contribution in [3.63, 3.8) is 0 Å². The van der Waals surface area contributed by atoms with Gasteiger partial charge in [0.1, 0.15) is 5.82 Å². The van der Waals surface area contributed by atoms with Crippen LogP contribution in [-0.4, -0.2) is 51.1 Å². The van der Waals surface area contributed by atoms with Gasteiger partial charge < -0.3 is 9.47 Å². The second-order valence-corrected chi connectivity index (χ2v) is 8.15. The van der Waals surface area contributed by atoms with E-state index < -0.39 is 70.1 Å². The van der Waals surface area contributed by atoms with Crippen molar-refractivity contribution in [3.05, 3.63) is 46.8 Å². The van der Waals surface area contributed by atoms with Crippen LogP contribution >= 0.6 is 0 Å². The third-order valence-corrected chi connectivity index (χ3v) is 5.28. The van der Waals surface area contributed by atoms with Gasteiger partial charge >= 0.3 is 16.5 Å². The largest absolute Gasteiger partial charge is 0.451 e. The number of aromatic nitrogens is 3. The van der Waals surface area contributed by atoms with Gasteiger partial charge in [0.25, 0.3) is 0 Å². The van der Waals surface area contributed by atoms with Crippen molar-refractivity contribution < 1.29 is 44.1 Å². The number of nitrogens with one attached hydrogen (secondary N) is 1. The molecular formula is C16H15F6N5O4S. The van der Waals surface area contributed by atoms with Crippen LogP contribution in [0, 0.1) is 17.5 Å². The average Bonchev–Trinajstić information content (AvgIpc) is 3.08. The van der Waals surface area contributed by atoms with Crippen LogP contribution in [0.5, 0.6) is 0 Å². The highest BCUT2D eigenvalue weighted by atomic mass is 32.2. The molecule has 2 heterocycles. The number of carbonyl (C=O) groups excluding carboxylic acids is 1. The van der Waals surface area contributed by atoms with Gasteiger partial charge in [0.15, 0.2) is 17.5 Å². The van der Waals surface area contributed by atoms with Gasteiger partial charge in [0.2, 0.25) is 11.7 Å². The van der Waals surface area contributed by atoms with Crippen LogP contribution < -0.4 is 4.72 Å². The fourth-order valence-corrected chi connectivity index (χ4v) is 3.86. The van der Waals surface area contributed by atoms with E-state index >= 15 is 0 Å². The first-order valence-electron chi connectivity index (χ1n) is 8.90. The number of nitrogens with zero attached hydrogens (tertiary/aromatic N) is 4. The maximum atomic E-state index is 13.9. The van der Waals surface area contributed by atoms with Crippen LogP contribution in [0.1, 0.15) is 23.6 Å². The molecule has 9 nitrogen and oxygen atoms in total. The molecule has 0 spiro atoms. The Labute approximate surface area is 176 Å². The molecule has 1 aliphatic rings. The number of fused-ring (bicyclic) bond motifs is 1. The molecule has 2 N–H and O–H groups in total. The third-order valence-electron chi connectivity index (χ3n) is 4.65. The first-order valence-corrected chi connectivity index (χ1v) is 10.3. The maximum absolute atomic E-state index is 13.9. The first-order chi connectivity index (χ1) is 14.7. The number of hydrogen-bond donors (Lipinski definition) is 2. The number of rotatable bonds is 6. The lowest BCUT2D eigenvalue weighted by Gasteiger charge is -2.29. The van der Waals surface area contributed by atoms with Crippen molar-refractivity contribution in [3.8, 4) is 0 Å². The first kappa shape index (κ1) is 23.9. The Morgan fingerprint density at radius 3 is 2.41 bits per heavy atom. The lowest BCUT2D eigenvalue weighted by Crippen LogP contribution is -2.44. The van der Waals surface area contributed by atoms with E-state index in [9.17, 15) is 39.6 Å². The third kappa shape index (κ3) is 5.55. The number of hydrogen-bond acceptors (Lipinski definition) is 5. The van der Waals surface area contributed by atoms with Gasteiger partial charge in [-0.15, -0.1) is 10.2 Å². The van der Waals surface area contributed by atoms with E-state index in [-0.39, 0.29) is 31.5 Å². The number of benzene rings is 1. The number of carbonyl (C=O) groups is 1. The molecule has 1 unspecified atom stereocenters. The molecule has 0 fully saturated rings. The SMILES string of the molecule is O=C(CC(Cc1cc(F)c(F)cc1F)NS(=O)(=O)O)N1CCn2c(nnc2C(F)(F)F)C1. The second kappa shape index (κ2) is 8.67. The molecule has 1 aromatic carbocycles. The minimum atomic E-state index is -4.88. The molecule has 0 saturated heterocycles. The molecule has 1 amide bonds. The Hall–Kier alpha value is -2.72. The summed E-state index contributed by atoms with van der Waals surface area (Å²) in [6.07, 6.45) is -6.04. The van der Waals surface area contributed by atoms with Crippen molar-refractivity contribution in [1.29, 1.82) is 0 Å². The molecule has 1 atom stereocenters. The molecule has 1 aromatic heterocycles. The van der Waals surface area contributed by atoms with E-state index in [2.05, 4.69) is 10.2 Å². The molecular weight excluding hydrogens is 472 g/mol. The zero-order valence-electron chi connectivity index (χ0n) is 15.9. The fraction of sp³-hybridized carbons (Fsp3) is 0.438. The van der Waals surface area contributed by atoms with Crippen LogP contribution in [0.2, 0.25) is 0 Å². The summed E-state index contributed by atoms with van der Waals surface area (Å²) in [4.78, 5) is 13.7. The number of halogens is 6. The summed E-state index contributed by atoms with van der Waals surface area (Å²) in [6.45, 7) is -0.831. The smallest absolute Gasteiger partial charge is 0.333 e. The highest BCUT2D eigenvalue weighted by Crippen LogP contribution is 2.29. The molecule has 2 aromatic rings. The normalized spacial score (nSPS) is 15.5. The minimum absolute atomic E-state index is 0.150. The Morgan fingerprint density at radius 2 is 1.78 bits per heavy atom. The molecule has 1 aliphatic heterocycles. The number of amides is 1. The van der Waals surface area contributed by atoms with Gasteiger partial charge in [-0.25, -0.2) is 13.2 Å². The van der Waals surface area contributed by atoms with E-state index in [1.165, 1.54) is 0 Å². The molecule has 16 heteroatoms. The van der Waals surface area contributed by atoms with Crippen LogP contribution in [0.3, 0.4) is 0 Å².